The van der Waals surface area contributed by atoms with Crippen molar-refractivity contribution in [3.63, 3.8) is 0 Å². The normalized spacial score (nSPS) is 34.3. The molecule has 0 aromatic carbocycles. The first-order chi connectivity index (χ1) is 4.13. The highest BCUT2D eigenvalue weighted by Gasteiger charge is 2.30. The van der Waals surface area contributed by atoms with E-state index in [1.807, 2.05) is 0 Å². The Balaban J connectivity index is 2.49. The third-order valence-corrected chi connectivity index (χ3v) is 5.26. The summed E-state index contributed by atoms with van der Waals surface area (Å²) in [7, 11) is 0. The summed E-state index contributed by atoms with van der Waals surface area (Å²) < 4.78 is 0.470. The number of halogens is 1. The minimum atomic E-state index is 0.470. The first kappa shape index (κ1) is 7.93. The summed E-state index contributed by atoms with van der Waals surface area (Å²) in [4.78, 5) is 0.726. The van der Waals surface area contributed by atoms with E-state index >= 15 is 0 Å². The van der Waals surface area contributed by atoms with E-state index in [0.29, 0.717) is 4.75 Å². The van der Waals surface area contributed by atoms with Crippen LogP contribution in [-0.2, 0) is 0 Å². The molecule has 0 N–H and O–H groups in total. The van der Waals surface area contributed by atoms with Crippen molar-refractivity contribution in [2.24, 2.45) is 0 Å². The molecule has 0 saturated carbocycles. The number of rotatable bonds is 0. The Kier molecular flexibility index (Phi) is 2.49. The Bertz CT molecular complexity index is 101. The Labute approximate surface area is 69.9 Å². The van der Waals surface area contributed by atoms with Gasteiger partial charge in [0.05, 0.1) is 0 Å². The molecule has 54 valence electrons. The van der Waals surface area contributed by atoms with Crippen molar-refractivity contribution >= 4 is 27.7 Å². The summed E-state index contributed by atoms with van der Waals surface area (Å²) in [5, 5.41) is 0. The lowest BCUT2D eigenvalue weighted by atomic mass is 10.1. The van der Waals surface area contributed by atoms with E-state index in [2.05, 4.69) is 41.5 Å². The SMILES string of the molecule is CC1(C)SCCCC1Br. The van der Waals surface area contributed by atoms with E-state index in [1.165, 1.54) is 18.6 Å². The molecule has 0 aliphatic carbocycles. The zero-order chi connectivity index (χ0) is 6.91. The molecular formula is C7H13BrS. The Morgan fingerprint density at radius 1 is 1.56 bits per heavy atom. The van der Waals surface area contributed by atoms with Crippen molar-refractivity contribution in [1.82, 2.24) is 0 Å². The molecule has 1 aliphatic heterocycles. The number of hydrogen-bond donors (Lipinski definition) is 0. The van der Waals surface area contributed by atoms with Crippen LogP contribution < -0.4 is 0 Å². The van der Waals surface area contributed by atoms with Gasteiger partial charge >= 0.3 is 0 Å². The molecule has 1 heterocycles. The van der Waals surface area contributed by atoms with E-state index in [9.17, 15) is 0 Å². The van der Waals surface area contributed by atoms with Crippen LogP contribution in [0.4, 0.5) is 0 Å². The maximum Gasteiger partial charge on any atom is 0.0287 e. The molecule has 9 heavy (non-hydrogen) atoms. The van der Waals surface area contributed by atoms with Gasteiger partial charge in [-0.1, -0.05) is 15.9 Å². The van der Waals surface area contributed by atoms with Crippen molar-refractivity contribution in [1.29, 1.82) is 0 Å². The molecule has 1 fully saturated rings. The van der Waals surface area contributed by atoms with E-state index in [-0.39, 0.29) is 0 Å². The monoisotopic (exact) mass is 208 g/mol. The van der Waals surface area contributed by atoms with Gasteiger partial charge in [0.2, 0.25) is 0 Å². The minimum Gasteiger partial charge on any atom is -0.155 e. The summed E-state index contributed by atoms with van der Waals surface area (Å²) in [6.07, 6.45) is 2.73. The van der Waals surface area contributed by atoms with E-state index < -0.39 is 0 Å². The molecule has 1 saturated heterocycles. The van der Waals surface area contributed by atoms with Crippen molar-refractivity contribution in [3.05, 3.63) is 0 Å². The second-order valence-corrected chi connectivity index (χ2v) is 5.92. The van der Waals surface area contributed by atoms with Gasteiger partial charge in [-0.3, -0.25) is 0 Å². The van der Waals surface area contributed by atoms with Crippen molar-refractivity contribution in [2.75, 3.05) is 5.75 Å². The molecule has 0 radical (unpaired) electrons. The van der Waals surface area contributed by atoms with Crippen molar-refractivity contribution < 1.29 is 0 Å². The van der Waals surface area contributed by atoms with E-state index in [0.717, 1.165) is 4.83 Å². The average Bonchev–Trinajstić information content (AvgIpc) is 1.77. The maximum absolute atomic E-state index is 3.69. The number of alkyl halides is 1. The second kappa shape index (κ2) is 2.83. The van der Waals surface area contributed by atoms with Crippen LogP contribution in [0.15, 0.2) is 0 Å². The summed E-state index contributed by atoms with van der Waals surface area (Å²) in [6, 6.07) is 0. The van der Waals surface area contributed by atoms with Crippen LogP contribution in [0.2, 0.25) is 0 Å². The highest BCUT2D eigenvalue weighted by Crippen LogP contribution is 2.39. The quantitative estimate of drug-likeness (QED) is 0.552. The molecule has 2 heteroatoms. The summed E-state index contributed by atoms with van der Waals surface area (Å²) in [6.45, 7) is 4.63. The largest absolute Gasteiger partial charge is 0.155 e. The average molecular weight is 209 g/mol. The molecule has 0 spiro atoms. The third-order valence-electron chi connectivity index (χ3n) is 1.83. The molecule has 0 amide bonds. The first-order valence-corrected chi connectivity index (χ1v) is 5.31. The van der Waals surface area contributed by atoms with Gasteiger partial charge in [-0.15, -0.1) is 0 Å². The summed E-state index contributed by atoms with van der Waals surface area (Å²) in [5.74, 6) is 1.34. The fraction of sp³-hybridized carbons (Fsp3) is 1.00. The van der Waals surface area contributed by atoms with Crippen LogP contribution in [0.1, 0.15) is 26.7 Å². The van der Waals surface area contributed by atoms with Crippen LogP contribution in [0, 0.1) is 0 Å². The Morgan fingerprint density at radius 2 is 2.22 bits per heavy atom. The van der Waals surface area contributed by atoms with Gasteiger partial charge in [0.1, 0.15) is 0 Å². The smallest absolute Gasteiger partial charge is 0.0287 e. The van der Waals surface area contributed by atoms with Crippen molar-refractivity contribution in [2.45, 2.75) is 36.3 Å². The molecule has 0 aromatic rings. The Hall–Kier alpha value is 0.830. The van der Waals surface area contributed by atoms with Crippen LogP contribution in [0.5, 0.6) is 0 Å². The molecule has 0 bridgehead atoms. The standard InChI is InChI=1S/C7H13BrS/c1-7(2)6(8)4-3-5-9-7/h6H,3-5H2,1-2H3. The molecular weight excluding hydrogens is 196 g/mol. The highest BCUT2D eigenvalue weighted by molar-refractivity contribution is 9.09. The van der Waals surface area contributed by atoms with Gasteiger partial charge in [0, 0.05) is 9.57 Å². The van der Waals surface area contributed by atoms with Crippen molar-refractivity contribution in [3.8, 4) is 0 Å². The predicted octanol–water partition coefficient (Wildman–Crippen LogP) is 3.06. The molecule has 1 rings (SSSR count). The lowest BCUT2D eigenvalue weighted by molar-refractivity contribution is 0.599. The van der Waals surface area contributed by atoms with Gasteiger partial charge in [0.25, 0.3) is 0 Å². The van der Waals surface area contributed by atoms with Gasteiger partial charge in [-0.25, -0.2) is 0 Å². The van der Waals surface area contributed by atoms with Crippen LogP contribution in [-0.4, -0.2) is 15.3 Å². The first-order valence-electron chi connectivity index (χ1n) is 3.41. The van der Waals surface area contributed by atoms with E-state index in [4.69, 9.17) is 0 Å². The Morgan fingerprint density at radius 3 is 2.56 bits per heavy atom. The third kappa shape index (κ3) is 1.87. The van der Waals surface area contributed by atoms with Crippen LogP contribution >= 0.6 is 27.7 Å². The molecule has 1 unspecified atom stereocenters. The zero-order valence-electron chi connectivity index (χ0n) is 5.98. The van der Waals surface area contributed by atoms with Crippen LogP contribution in [0.25, 0.3) is 0 Å². The van der Waals surface area contributed by atoms with Crippen LogP contribution in [0.3, 0.4) is 0 Å². The van der Waals surface area contributed by atoms with Gasteiger partial charge in [-0.05, 0) is 32.4 Å². The molecule has 0 nitrogen and oxygen atoms in total. The fourth-order valence-corrected chi connectivity index (χ4v) is 2.89. The summed E-state index contributed by atoms with van der Waals surface area (Å²) in [5.41, 5.74) is 0. The maximum atomic E-state index is 3.69. The second-order valence-electron chi connectivity index (χ2n) is 3.06. The van der Waals surface area contributed by atoms with Gasteiger partial charge in [-0.2, -0.15) is 11.8 Å². The predicted molar refractivity (Wildman–Crippen MR) is 48.5 cm³/mol. The molecule has 1 aliphatic rings. The topological polar surface area (TPSA) is 0 Å². The van der Waals surface area contributed by atoms with Gasteiger partial charge < -0.3 is 0 Å². The lowest BCUT2D eigenvalue weighted by Gasteiger charge is -2.34. The highest BCUT2D eigenvalue weighted by atomic mass is 79.9. The molecule has 1 atom stereocenters. The minimum absolute atomic E-state index is 0.470. The van der Waals surface area contributed by atoms with Gasteiger partial charge in [0.15, 0.2) is 0 Å². The lowest BCUT2D eigenvalue weighted by Crippen LogP contribution is -2.31. The van der Waals surface area contributed by atoms with E-state index in [1.54, 1.807) is 0 Å². The fourth-order valence-electron chi connectivity index (χ4n) is 1.04. The molecule has 0 aromatic heterocycles. The number of thioether (sulfide) groups is 1. The summed E-state index contributed by atoms with van der Waals surface area (Å²) >= 11 is 5.77. The number of hydrogen-bond acceptors (Lipinski definition) is 1. The zero-order valence-corrected chi connectivity index (χ0v) is 8.39.